The van der Waals surface area contributed by atoms with E-state index in [0.717, 1.165) is 0 Å². The van der Waals surface area contributed by atoms with E-state index in [2.05, 4.69) is 20.5 Å². The van der Waals surface area contributed by atoms with Crippen LogP contribution >= 0.6 is 0 Å². The first-order valence-corrected chi connectivity index (χ1v) is 6.61. The second kappa shape index (κ2) is 4.11. The smallest absolute Gasteiger partial charge is 0.256 e. The van der Waals surface area contributed by atoms with Crippen molar-refractivity contribution in [3.05, 3.63) is 23.5 Å². The van der Waals surface area contributed by atoms with E-state index in [1.807, 2.05) is 0 Å². The minimum absolute atomic E-state index is 0.233. The van der Waals surface area contributed by atoms with E-state index in [1.54, 1.807) is 12.3 Å². The highest BCUT2D eigenvalue weighted by Gasteiger charge is 2.39. The number of H-pyrrole nitrogens is 1. The van der Waals surface area contributed by atoms with Crippen molar-refractivity contribution in [1.82, 2.24) is 25.4 Å². The van der Waals surface area contributed by atoms with Crippen molar-refractivity contribution in [2.24, 2.45) is 0 Å². The number of imide groups is 1. The molecule has 1 saturated heterocycles. The van der Waals surface area contributed by atoms with Crippen LogP contribution < -0.4 is 5.32 Å². The number of aromatic amines is 1. The molecule has 1 fully saturated rings. The van der Waals surface area contributed by atoms with Crippen LogP contribution in [0.2, 0.25) is 0 Å². The zero-order valence-corrected chi connectivity index (χ0v) is 10.9. The lowest BCUT2D eigenvalue weighted by Crippen LogP contribution is -2.52. The summed E-state index contributed by atoms with van der Waals surface area (Å²) >= 11 is 0. The van der Waals surface area contributed by atoms with E-state index in [9.17, 15) is 14.4 Å². The highest BCUT2D eigenvalue weighted by molar-refractivity contribution is 6.06. The van der Waals surface area contributed by atoms with Gasteiger partial charge in [-0.2, -0.15) is 5.10 Å². The Kier molecular flexibility index (Phi) is 2.35. The van der Waals surface area contributed by atoms with Crippen LogP contribution in [0, 0.1) is 0 Å². The van der Waals surface area contributed by atoms with E-state index >= 15 is 0 Å². The summed E-state index contributed by atoms with van der Waals surface area (Å²) in [6.07, 6.45) is 2.19. The van der Waals surface area contributed by atoms with Crippen LogP contribution in [0.1, 0.15) is 28.9 Å². The van der Waals surface area contributed by atoms with Crippen molar-refractivity contribution >= 4 is 28.8 Å². The van der Waals surface area contributed by atoms with Gasteiger partial charge in [-0.15, -0.1) is 0 Å². The molecular weight excluding hydrogens is 274 g/mol. The Hall–Kier alpha value is -2.77. The third kappa shape index (κ3) is 1.72. The van der Waals surface area contributed by atoms with Gasteiger partial charge in [-0.25, -0.2) is 4.98 Å². The van der Waals surface area contributed by atoms with Crippen LogP contribution in [0.5, 0.6) is 0 Å². The lowest BCUT2D eigenvalue weighted by atomic mass is 10.0. The predicted octanol–water partition coefficient (Wildman–Crippen LogP) is -0.281. The molecule has 2 aliphatic heterocycles. The summed E-state index contributed by atoms with van der Waals surface area (Å²) in [6, 6.07) is 1.10. The molecule has 1 atom stereocenters. The molecule has 2 N–H and O–H groups in total. The molecule has 0 aliphatic carbocycles. The fourth-order valence-electron chi connectivity index (χ4n) is 2.84. The lowest BCUT2D eigenvalue weighted by Gasteiger charge is -2.29. The van der Waals surface area contributed by atoms with E-state index in [4.69, 9.17) is 0 Å². The molecule has 0 radical (unpaired) electrons. The van der Waals surface area contributed by atoms with Crippen LogP contribution in [-0.2, 0) is 16.1 Å². The van der Waals surface area contributed by atoms with Crippen molar-refractivity contribution in [2.75, 3.05) is 0 Å². The highest BCUT2D eigenvalue weighted by Crippen LogP contribution is 2.28. The van der Waals surface area contributed by atoms with E-state index in [-0.39, 0.29) is 24.8 Å². The first-order chi connectivity index (χ1) is 10.1. The second-order valence-corrected chi connectivity index (χ2v) is 5.19. The molecule has 21 heavy (non-hydrogen) atoms. The Bertz CT molecular complexity index is 796. The molecule has 0 spiro atoms. The normalized spacial score (nSPS) is 21.8. The molecule has 3 amide bonds. The number of pyridine rings is 1. The molecule has 106 valence electrons. The number of hydrogen-bond donors (Lipinski definition) is 2. The Balaban J connectivity index is 1.69. The topological polar surface area (TPSA) is 108 Å². The maximum absolute atomic E-state index is 12.5. The van der Waals surface area contributed by atoms with E-state index in [0.29, 0.717) is 28.7 Å². The predicted molar refractivity (Wildman–Crippen MR) is 69.9 cm³/mol. The van der Waals surface area contributed by atoms with E-state index in [1.165, 1.54) is 4.90 Å². The average Bonchev–Trinajstić information content (AvgIpc) is 3.02. The number of carbonyl (C=O) groups is 3. The van der Waals surface area contributed by atoms with Crippen LogP contribution in [0.15, 0.2) is 12.3 Å². The number of nitrogens with one attached hydrogen (secondary N) is 2. The summed E-state index contributed by atoms with van der Waals surface area (Å²) in [6.45, 7) is 0.279. The van der Waals surface area contributed by atoms with Gasteiger partial charge < -0.3 is 4.90 Å². The van der Waals surface area contributed by atoms with Gasteiger partial charge in [-0.1, -0.05) is 0 Å². The zero-order valence-electron chi connectivity index (χ0n) is 10.9. The van der Waals surface area contributed by atoms with Gasteiger partial charge in [-0.3, -0.25) is 24.8 Å². The number of carbonyl (C=O) groups excluding carboxylic acids is 3. The van der Waals surface area contributed by atoms with Crippen LogP contribution in [0.25, 0.3) is 11.0 Å². The maximum Gasteiger partial charge on any atom is 0.256 e. The monoisotopic (exact) mass is 285 g/mol. The van der Waals surface area contributed by atoms with Gasteiger partial charge in [0.25, 0.3) is 5.91 Å². The van der Waals surface area contributed by atoms with Gasteiger partial charge in [0.1, 0.15) is 11.6 Å². The van der Waals surface area contributed by atoms with Crippen LogP contribution in [-0.4, -0.2) is 43.8 Å². The summed E-state index contributed by atoms with van der Waals surface area (Å²) < 4.78 is 0. The summed E-state index contributed by atoms with van der Waals surface area (Å²) in [4.78, 5) is 41.5. The minimum atomic E-state index is -0.610. The Morgan fingerprint density at radius 1 is 1.29 bits per heavy atom. The molecule has 4 rings (SSSR count). The quantitative estimate of drug-likeness (QED) is 0.700. The Labute approximate surface area is 118 Å². The van der Waals surface area contributed by atoms with Crippen molar-refractivity contribution in [3.63, 3.8) is 0 Å². The van der Waals surface area contributed by atoms with Crippen LogP contribution in [0.4, 0.5) is 0 Å². The fourth-order valence-corrected chi connectivity index (χ4v) is 2.84. The van der Waals surface area contributed by atoms with Gasteiger partial charge in [0, 0.05) is 6.42 Å². The van der Waals surface area contributed by atoms with Crippen molar-refractivity contribution in [2.45, 2.75) is 25.4 Å². The second-order valence-electron chi connectivity index (χ2n) is 5.19. The molecule has 2 aromatic heterocycles. The number of amides is 3. The number of nitrogens with zero attached hydrogens (tertiary/aromatic N) is 3. The van der Waals surface area contributed by atoms with Gasteiger partial charge >= 0.3 is 0 Å². The molecular formula is C13H11N5O3. The Morgan fingerprint density at radius 2 is 2.14 bits per heavy atom. The summed E-state index contributed by atoms with van der Waals surface area (Å²) in [5.74, 6) is -0.943. The van der Waals surface area contributed by atoms with Crippen LogP contribution in [0.3, 0.4) is 0 Å². The summed E-state index contributed by atoms with van der Waals surface area (Å²) in [5, 5.41) is 8.93. The first-order valence-electron chi connectivity index (χ1n) is 6.61. The molecule has 8 heteroatoms. The number of piperidine rings is 1. The number of hydrogen-bond acceptors (Lipinski definition) is 5. The molecule has 0 saturated carbocycles. The Morgan fingerprint density at radius 3 is 2.95 bits per heavy atom. The van der Waals surface area contributed by atoms with Gasteiger partial charge in [-0.05, 0) is 12.5 Å². The van der Waals surface area contributed by atoms with E-state index < -0.39 is 11.9 Å². The maximum atomic E-state index is 12.5. The first kappa shape index (κ1) is 12.0. The fraction of sp³-hybridized carbons (Fsp3) is 0.308. The molecule has 2 aliphatic rings. The molecule has 4 heterocycles. The third-order valence-electron chi connectivity index (χ3n) is 3.90. The van der Waals surface area contributed by atoms with Gasteiger partial charge in [0.05, 0.1) is 29.5 Å². The molecule has 2 aromatic rings. The molecule has 8 nitrogen and oxygen atoms in total. The van der Waals surface area contributed by atoms with Crippen molar-refractivity contribution in [3.8, 4) is 0 Å². The highest BCUT2D eigenvalue weighted by atomic mass is 16.2. The molecule has 1 unspecified atom stereocenters. The molecule has 0 bridgehead atoms. The minimum Gasteiger partial charge on any atom is -0.321 e. The van der Waals surface area contributed by atoms with Crippen molar-refractivity contribution < 1.29 is 14.4 Å². The molecule has 0 aromatic carbocycles. The standard InChI is InChI=1S/C13H11N5O3/c19-11-2-1-10(12(20)16-11)18-5-9-6(13(18)21)3-7-8(15-9)4-14-17-7/h3-4,10H,1-2,5H2,(H,14,17)(H,16,19,20). The van der Waals surface area contributed by atoms with Gasteiger partial charge in [0.2, 0.25) is 11.8 Å². The average molecular weight is 285 g/mol. The lowest BCUT2D eigenvalue weighted by molar-refractivity contribution is -0.136. The summed E-state index contributed by atoms with van der Waals surface area (Å²) in [5.41, 5.74) is 2.49. The third-order valence-corrected chi connectivity index (χ3v) is 3.90. The van der Waals surface area contributed by atoms with Crippen molar-refractivity contribution in [1.29, 1.82) is 0 Å². The number of rotatable bonds is 1. The number of aromatic nitrogens is 3. The SMILES string of the molecule is O=C1CCC(N2Cc3nc4cn[nH]c4cc3C2=O)C(=O)N1. The summed E-state index contributed by atoms with van der Waals surface area (Å²) in [7, 11) is 0. The largest absolute Gasteiger partial charge is 0.321 e. The number of fused-ring (bicyclic) bond motifs is 2. The van der Waals surface area contributed by atoms with Gasteiger partial charge in [0.15, 0.2) is 0 Å². The zero-order chi connectivity index (χ0) is 14.6.